The van der Waals surface area contributed by atoms with Crippen molar-refractivity contribution in [3.8, 4) is 0 Å². The lowest BCUT2D eigenvalue weighted by molar-refractivity contribution is -0.140. The van der Waals surface area contributed by atoms with E-state index in [0.29, 0.717) is 29.1 Å². The van der Waals surface area contributed by atoms with Crippen molar-refractivity contribution in [2.24, 2.45) is 5.92 Å². The van der Waals surface area contributed by atoms with Gasteiger partial charge < -0.3 is 19.8 Å². The average Bonchev–Trinajstić information content (AvgIpc) is 3.08. The minimum absolute atomic E-state index is 0.0631. The molecular formula is C22H30N2O5. The fraction of sp³-hybridized carbons (Fsp3) is 0.500. The highest BCUT2D eigenvalue weighted by Gasteiger charge is 2.30. The molecule has 0 aromatic carbocycles. The molecule has 2 rings (SSSR count). The third-order valence-corrected chi connectivity index (χ3v) is 4.86. The number of aromatic nitrogens is 1. The molecule has 7 nitrogen and oxygen atoms in total. The highest BCUT2D eigenvalue weighted by molar-refractivity contribution is 5.93. The van der Waals surface area contributed by atoms with Crippen molar-refractivity contribution in [1.82, 2.24) is 10.3 Å². The summed E-state index contributed by atoms with van der Waals surface area (Å²) in [5, 5.41) is 2.88. The zero-order chi connectivity index (χ0) is 21.9. The van der Waals surface area contributed by atoms with Gasteiger partial charge in [-0.2, -0.15) is 0 Å². The zero-order valence-electron chi connectivity index (χ0n) is 18.2. The molecule has 1 aliphatic heterocycles. The normalized spacial score (nSPS) is 19.6. The van der Waals surface area contributed by atoms with E-state index in [1.54, 1.807) is 20.8 Å². The minimum atomic E-state index is -0.651. The Balaban J connectivity index is 2.48. The molecule has 1 amide bonds. The van der Waals surface area contributed by atoms with Gasteiger partial charge in [-0.05, 0) is 70.7 Å². The van der Waals surface area contributed by atoms with Crippen molar-refractivity contribution >= 4 is 23.9 Å². The smallest absolute Gasteiger partial charge is 0.355 e. The fourth-order valence-electron chi connectivity index (χ4n) is 3.30. The predicted octanol–water partition coefficient (Wildman–Crippen LogP) is 3.44. The van der Waals surface area contributed by atoms with Gasteiger partial charge in [-0.1, -0.05) is 6.08 Å². The molecule has 1 atom stereocenters. The van der Waals surface area contributed by atoms with E-state index >= 15 is 0 Å². The topological polar surface area (TPSA) is 97.5 Å². The Morgan fingerprint density at radius 1 is 1.24 bits per heavy atom. The number of nitrogens with one attached hydrogen (secondary N) is 2. The van der Waals surface area contributed by atoms with Crippen LogP contribution in [0.1, 0.15) is 68.3 Å². The second-order valence-corrected chi connectivity index (χ2v) is 8.11. The summed E-state index contributed by atoms with van der Waals surface area (Å²) >= 11 is 0. The van der Waals surface area contributed by atoms with Crippen molar-refractivity contribution in [2.45, 2.75) is 60.0 Å². The lowest BCUT2D eigenvalue weighted by Crippen LogP contribution is -2.24. The van der Waals surface area contributed by atoms with Crippen LogP contribution in [0.4, 0.5) is 0 Å². The summed E-state index contributed by atoms with van der Waals surface area (Å²) in [6, 6.07) is 0. The molecule has 1 saturated heterocycles. The first kappa shape index (κ1) is 22.5. The number of methoxy groups -OCH3 is 1. The van der Waals surface area contributed by atoms with Crippen LogP contribution in [-0.4, -0.2) is 35.5 Å². The quantitative estimate of drug-likeness (QED) is 0.736. The fourth-order valence-corrected chi connectivity index (χ4v) is 3.30. The number of hydrogen-bond donors (Lipinski definition) is 2. The van der Waals surface area contributed by atoms with Crippen molar-refractivity contribution in [1.29, 1.82) is 0 Å². The summed E-state index contributed by atoms with van der Waals surface area (Å²) in [4.78, 5) is 39.6. The Kier molecular flexibility index (Phi) is 6.72. The van der Waals surface area contributed by atoms with E-state index in [9.17, 15) is 14.4 Å². The number of aromatic amines is 1. The second kappa shape index (κ2) is 8.68. The number of H-pyrrole nitrogens is 1. The zero-order valence-corrected chi connectivity index (χ0v) is 18.2. The number of carbonyl (C=O) groups excluding carboxylic acids is 3. The second-order valence-electron chi connectivity index (χ2n) is 8.11. The molecule has 1 unspecified atom stereocenters. The molecule has 1 fully saturated rings. The molecule has 1 aliphatic rings. The van der Waals surface area contributed by atoms with Gasteiger partial charge in [-0.3, -0.25) is 9.59 Å². The molecule has 2 N–H and O–H groups in total. The molecule has 7 heteroatoms. The third-order valence-electron chi connectivity index (χ3n) is 4.86. The van der Waals surface area contributed by atoms with Gasteiger partial charge in [0.1, 0.15) is 11.3 Å². The molecular weight excluding hydrogens is 372 g/mol. The first-order chi connectivity index (χ1) is 13.5. The first-order valence-electron chi connectivity index (χ1n) is 9.69. The molecule has 0 bridgehead atoms. The Labute approximate surface area is 171 Å². The van der Waals surface area contributed by atoms with Crippen molar-refractivity contribution < 1.29 is 23.9 Å². The minimum Gasteiger partial charge on any atom is -0.469 e. The van der Waals surface area contributed by atoms with Crippen LogP contribution in [0.5, 0.6) is 0 Å². The summed E-state index contributed by atoms with van der Waals surface area (Å²) < 4.78 is 10.3. The molecule has 2 heterocycles. The Morgan fingerprint density at radius 3 is 2.45 bits per heavy atom. The number of rotatable bonds is 5. The number of hydrogen-bond acceptors (Lipinski definition) is 5. The van der Waals surface area contributed by atoms with E-state index in [-0.39, 0.29) is 24.2 Å². The maximum atomic E-state index is 12.8. The number of carbonyl (C=O) groups is 3. The van der Waals surface area contributed by atoms with Crippen LogP contribution >= 0.6 is 0 Å². The van der Waals surface area contributed by atoms with E-state index < -0.39 is 11.6 Å². The van der Waals surface area contributed by atoms with Crippen LogP contribution in [0.2, 0.25) is 0 Å². The largest absolute Gasteiger partial charge is 0.469 e. The lowest BCUT2D eigenvalue weighted by atomic mass is 10.0. The molecule has 0 aliphatic carbocycles. The number of ether oxygens (including phenoxy) is 2. The molecule has 0 radical (unpaired) electrons. The maximum absolute atomic E-state index is 12.8. The van der Waals surface area contributed by atoms with E-state index in [1.807, 2.05) is 32.9 Å². The van der Waals surface area contributed by atoms with Gasteiger partial charge in [0.2, 0.25) is 5.91 Å². The van der Waals surface area contributed by atoms with Crippen LogP contribution in [0, 0.1) is 12.8 Å². The summed E-state index contributed by atoms with van der Waals surface area (Å²) in [6.45, 7) is 11.0. The molecule has 158 valence electrons. The number of amides is 1. The maximum Gasteiger partial charge on any atom is 0.355 e. The van der Waals surface area contributed by atoms with Gasteiger partial charge in [-0.15, -0.1) is 0 Å². The van der Waals surface area contributed by atoms with Crippen molar-refractivity contribution in [3.63, 3.8) is 0 Å². The highest BCUT2D eigenvalue weighted by Crippen LogP contribution is 2.30. The Bertz CT molecular complexity index is 884. The number of allylic oxidation sites excluding steroid dienone is 2. The molecule has 29 heavy (non-hydrogen) atoms. The molecule has 1 aromatic heterocycles. The Morgan fingerprint density at radius 2 is 1.90 bits per heavy atom. The van der Waals surface area contributed by atoms with Gasteiger partial charge in [-0.25, -0.2) is 4.79 Å². The summed E-state index contributed by atoms with van der Waals surface area (Å²) in [5.74, 6) is -1.13. The van der Waals surface area contributed by atoms with Gasteiger partial charge >= 0.3 is 11.9 Å². The van der Waals surface area contributed by atoms with E-state index in [4.69, 9.17) is 9.47 Å². The summed E-state index contributed by atoms with van der Waals surface area (Å²) in [5.41, 5.74) is 3.48. The lowest BCUT2D eigenvalue weighted by Gasteiger charge is -2.19. The van der Waals surface area contributed by atoms with Crippen LogP contribution < -0.4 is 5.32 Å². The average molecular weight is 402 g/mol. The SMILES string of the molecule is C/C=C1/C(=C/c2[nH]c(C(=O)OC(C)(C)C)c(CCC(=O)OC)c2C)NC(=O)C1C. The van der Waals surface area contributed by atoms with Crippen LogP contribution in [-0.2, 0) is 25.5 Å². The molecule has 1 aromatic rings. The van der Waals surface area contributed by atoms with Gasteiger partial charge in [0, 0.05) is 17.8 Å². The predicted molar refractivity (Wildman–Crippen MR) is 110 cm³/mol. The van der Waals surface area contributed by atoms with Gasteiger partial charge in [0.25, 0.3) is 0 Å². The number of esters is 2. The van der Waals surface area contributed by atoms with Crippen LogP contribution in [0.3, 0.4) is 0 Å². The van der Waals surface area contributed by atoms with Crippen molar-refractivity contribution in [3.05, 3.63) is 39.9 Å². The van der Waals surface area contributed by atoms with Crippen molar-refractivity contribution in [2.75, 3.05) is 7.11 Å². The van der Waals surface area contributed by atoms with Gasteiger partial charge in [0.05, 0.1) is 13.0 Å². The molecule has 0 saturated carbocycles. The standard InChI is InChI=1S/C22H30N2O5/c1-8-14-13(3)20(26)24-17(14)11-16-12(2)15(9-10-18(25)28-7)19(23-16)21(27)29-22(4,5)6/h8,11,13,23H,9-10H2,1-7H3,(H,24,26)/b14-8+,17-11-. The monoisotopic (exact) mass is 402 g/mol. The van der Waals surface area contributed by atoms with Gasteiger partial charge in [0.15, 0.2) is 0 Å². The van der Waals surface area contributed by atoms with Crippen LogP contribution in [0.25, 0.3) is 6.08 Å². The van der Waals surface area contributed by atoms with E-state index in [1.165, 1.54) is 7.11 Å². The molecule has 0 spiro atoms. The third kappa shape index (κ3) is 5.16. The van der Waals surface area contributed by atoms with E-state index in [0.717, 1.165) is 11.1 Å². The first-order valence-corrected chi connectivity index (χ1v) is 9.69. The van der Waals surface area contributed by atoms with E-state index in [2.05, 4.69) is 10.3 Å². The summed E-state index contributed by atoms with van der Waals surface area (Å²) in [6.07, 6.45) is 4.21. The summed E-state index contributed by atoms with van der Waals surface area (Å²) in [7, 11) is 1.33. The highest BCUT2D eigenvalue weighted by atomic mass is 16.6. The van der Waals surface area contributed by atoms with Crippen LogP contribution in [0.15, 0.2) is 17.3 Å². The Hall–Kier alpha value is -2.83.